The Morgan fingerprint density at radius 3 is 0.800 bits per heavy atom. The molecule has 6 aromatic carbocycles. The van der Waals surface area contributed by atoms with Gasteiger partial charge in [-0.25, -0.2) is 9.59 Å². The van der Waals surface area contributed by atoms with Gasteiger partial charge >= 0.3 is 17.9 Å². The number of nitrogens with two attached hydrogens (primary N) is 1. The Bertz CT molecular complexity index is 4810. The molecule has 15 nitrogen and oxygen atoms in total. The number of nitrogens with zero attached hydrogens (tertiary/aromatic N) is 7. The zero-order valence-corrected chi connectivity index (χ0v) is 80.9. The Kier molecular flexibility index (Phi) is 46.6. The van der Waals surface area contributed by atoms with Crippen LogP contribution in [0.5, 0.6) is 0 Å². The summed E-state index contributed by atoms with van der Waals surface area (Å²) < 4.78 is 10.0. The predicted molar refractivity (Wildman–Crippen MR) is 526 cm³/mol. The molecule has 0 radical (unpaired) electrons. The van der Waals surface area contributed by atoms with Gasteiger partial charge in [0.15, 0.2) is 0 Å². The van der Waals surface area contributed by atoms with Gasteiger partial charge in [-0.05, 0) is 181 Å². The number of hydrogen-bond donors (Lipinski definition) is 2. The number of aliphatic carboxylic acids is 1. The third-order valence-electron chi connectivity index (χ3n) is 21.7. The number of primary amides is 1. The van der Waals surface area contributed by atoms with Crippen molar-refractivity contribution < 1.29 is 33.8 Å². The molecule has 3 N–H and O–H groups in total. The Labute approximate surface area is 770 Å². The van der Waals surface area contributed by atoms with Crippen LogP contribution in [0.3, 0.4) is 0 Å². The molecule has 666 valence electrons. The molecule has 0 fully saturated rings. The fourth-order valence-electron chi connectivity index (χ4n) is 15.8. The van der Waals surface area contributed by atoms with E-state index in [-0.39, 0.29) is 42.0 Å². The molecule has 12 aromatic rings. The number of esters is 2. The number of carbonyl (C=O) groups excluding carboxylic acids is 3. The zero-order valence-electron chi connectivity index (χ0n) is 76.0. The number of carbonyl (C=O) groups is 4. The van der Waals surface area contributed by atoms with Gasteiger partial charge in [0, 0.05) is 114 Å². The van der Waals surface area contributed by atoms with E-state index in [4.69, 9.17) is 15.2 Å². The molecule has 12 heterocycles. The van der Waals surface area contributed by atoms with Crippen LogP contribution in [-0.2, 0) is 106 Å². The number of nitriles is 1. The van der Waals surface area contributed by atoms with Gasteiger partial charge in [0.05, 0.1) is 20.3 Å². The fraction of sp³-hybridized carbons (Fsp3) is 0.375. The summed E-state index contributed by atoms with van der Waals surface area (Å²) in [6, 6.07) is 74.3. The number of ether oxygens (including phenoxy) is 2. The lowest BCUT2D eigenvalue weighted by atomic mass is 10.0. The van der Waals surface area contributed by atoms with Crippen molar-refractivity contribution in [2.45, 2.75) is 204 Å². The second-order valence-electron chi connectivity index (χ2n) is 28.6. The van der Waals surface area contributed by atoms with E-state index in [1.165, 1.54) is 90.5 Å². The Balaban J connectivity index is 0.000000201. The maximum atomic E-state index is 12.2. The van der Waals surface area contributed by atoms with Crippen molar-refractivity contribution >= 4 is 91.8 Å². The smallest absolute Gasteiger partial charge is 0.327 e. The largest absolute Gasteiger partial charge is 0.480 e. The van der Waals surface area contributed by atoms with E-state index in [9.17, 15) is 29.5 Å². The summed E-state index contributed by atoms with van der Waals surface area (Å²) in [5, 5.41) is 31.8. The highest BCUT2D eigenvalue weighted by molar-refractivity contribution is 7.11. The quantitative estimate of drug-likeness (QED) is 0.0874. The molecule has 6 atom stereocenters. The minimum atomic E-state index is -0.773. The Morgan fingerprint density at radius 2 is 0.536 bits per heavy atom. The fourth-order valence-corrected chi connectivity index (χ4v) is 21.2. The number of carboxylic acid groups (broad SMARTS) is 1. The molecule has 0 spiro atoms. The van der Waals surface area contributed by atoms with Gasteiger partial charge in [0.2, 0.25) is 5.91 Å². The lowest BCUT2D eigenvalue weighted by Gasteiger charge is -2.33. The molecular formula is C104H132N8O7S6. The molecule has 1 amide bonds. The van der Waals surface area contributed by atoms with Crippen LogP contribution >= 0.6 is 68.0 Å². The van der Waals surface area contributed by atoms with Crippen molar-refractivity contribution in [2.75, 3.05) is 53.5 Å². The van der Waals surface area contributed by atoms with Gasteiger partial charge in [-0.15, -0.1) is 68.0 Å². The lowest BCUT2D eigenvalue weighted by molar-refractivity contribution is -0.148. The van der Waals surface area contributed by atoms with Gasteiger partial charge in [-0.1, -0.05) is 265 Å². The number of thiophene rings is 6. The van der Waals surface area contributed by atoms with Crippen molar-refractivity contribution in [3.05, 3.63) is 347 Å². The second kappa shape index (κ2) is 56.7. The third kappa shape index (κ3) is 29.3. The molecule has 6 aromatic heterocycles. The van der Waals surface area contributed by atoms with Crippen molar-refractivity contribution in [3.8, 4) is 6.07 Å². The van der Waals surface area contributed by atoms with Crippen molar-refractivity contribution in [1.29, 1.82) is 5.26 Å². The van der Waals surface area contributed by atoms with E-state index in [1.54, 1.807) is 50.2 Å². The molecule has 5 unspecified atom stereocenters. The minimum absolute atomic E-state index is 0.126. The highest BCUT2D eigenvalue weighted by Crippen LogP contribution is 2.38. The number of carboxylic acids is 1. The maximum Gasteiger partial charge on any atom is 0.327 e. The number of methoxy groups -OCH3 is 2. The van der Waals surface area contributed by atoms with Gasteiger partial charge in [-0.2, -0.15) is 5.26 Å². The Morgan fingerprint density at radius 1 is 0.320 bits per heavy atom. The van der Waals surface area contributed by atoms with Crippen LogP contribution in [-0.4, -0.2) is 112 Å². The van der Waals surface area contributed by atoms with Gasteiger partial charge in [-0.3, -0.25) is 39.0 Å². The first-order chi connectivity index (χ1) is 61.3. The summed E-state index contributed by atoms with van der Waals surface area (Å²) in [6.45, 7) is 37.1. The summed E-state index contributed by atoms with van der Waals surface area (Å²) in [6.07, 6.45) is 6.25. The van der Waals surface area contributed by atoms with Crippen LogP contribution < -0.4 is 5.73 Å². The zero-order chi connectivity index (χ0) is 90.4. The number of hydrogen-bond acceptors (Lipinski definition) is 19. The average molecular weight is 1800 g/mol. The third-order valence-corrected chi connectivity index (χ3v) is 27.9. The van der Waals surface area contributed by atoms with Crippen LogP contribution in [0.15, 0.2) is 251 Å². The molecular weight excluding hydrogens is 1670 g/mol. The van der Waals surface area contributed by atoms with Crippen molar-refractivity contribution in [1.82, 2.24) is 29.4 Å². The summed E-state index contributed by atoms with van der Waals surface area (Å²) in [7, 11) is 2.91. The van der Waals surface area contributed by atoms with Crippen LogP contribution in [0.1, 0.15) is 222 Å². The van der Waals surface area contributed by atoms with Crippen molar-refractivity contribution in [2.24, 2.45) is 5.73 Å². The number of rotatable bonds is 16. The molecule has 21 heteroatoms. The first-order valence-electron chi connectivity index (χ1n) is 44.5. The molecule has 125 heavy (non-hydrogen) atoms. The van der Waals surface area contributed by atoms with Gasteiger partial charge in [0.25, 0.3) is 0 Å². The standard InChI is InChI=1S/2C16H17NO2S.C15H16N2OS.C15H14N2S.C15H15NO2S.C15H17NS.6C2H6/c2*1-19-16(18)15(12-5-3-2-4-6-12)17-9-7-14-13(11-17)8-10-20-14;16-15(18)14(11-4-2-1-3-5-11)17-8-6-13-12(10-17)7-9-19-13;16-10-14(12-4-2-1-3-5-12)17-8-6-15-13(11-17)7-9-18-15;17-15(18)14(11-4-2-1-3-5-11)16-8-6-13-12(10-16)7-9-19-13;1-12(13-5-3-2-4-6-13)16-9-7-15-14(11-16)8-10-17-15;6*1-2/h2*2-6,8,10,15H,7,9,11H2,1H3;1-5,7,9,14H,6,8,10H2,(H2,16,18);1-5,7,9,14H,6,8,11H2;1-5,7,9,14H,6,8,10H2,(H,17,18);2-6,8,10,12H,7,9,11H2,1H3;6*1-2H3/t15-;;;;;;;;;;;/m0.........../s1. The van der Waals surface area contributed by atoms with Crippen LogP contribution in [0.4, 0.5) is 0 Å². The molecule has 0 saturated carbocycles. The number of benzene rings is 6. The second-order valence-corrected chi connectivity index (χ2v) is 34.6. The van der Waals surface area contributed by atoms with E-state index >= 15 is 0 Å². The van der Waals surface area contributed by atoms with Gasteiger partial charge < -0.3 is 20.3 Å². The summed E-state index contributed by atoms with van der Waals surface area (Å²) in [5.74, 6) is -1.42. The topological polar surface area (TPSA) is 176 Å². The molecule has 6 aliphatic heterocycles. The summed E-state index contributed by atoms with van der Waals surface area (Å²) in [5.41, 5.74) is 20.2. The van der Waals surface area contributed by atoms with E-state index in [0.717, 1.165) is 132 Å². The first-order valence-corrected chi connectivity index (χ1v) is 49.7. The number of fused-ring (bicyclic) bond motifs is 6. The van der Waals surface area contributed by atoms with Crippen molar-refractivity contribution in [3.63, 3.8) is 0 Å². The summed E-state index contributed by atoms with van der Waals surface area (Å²) in [4.78, 5) is 70.1. The molecule has 0 saturated heterocycles. The van der Waals surface area contributed by atoms with Crippen LogP contribution in [0, 0.1) is 11.3 Å². The van der Waals surface area contributed by atoms with E-state index in [0.29, 0.717) is 6.04 Å². The highest BCUT2D eigenvalue weighted by atomic mass is 32.1. The molecule has 0 aliphatic carbocycles. The van der Waals surface area contributed by atoms with Gasteiger partial charge in [0.1, 0.15) is 30.2 Å². The minimum Gasteiger partial charge on any atom is -0.480 e. The SMILES string of the molecule is CC.CC.CC.CC.CC.CC.CC(c1ccccc1)N1CCc2sccc2C1.COC(=O)C(c1ccccc1)N1CCc2sccc2C1.COC(=O)[C@H](c1ccccc1)N1CCc2sccc2C1.N#CC(c1ccccc1)N1CCc2sccc2C1.NC(=O)C(c1ccccc1)N1CCc2sccc2C1.O=C(O)C(c1ccccc1)N1CCc2sccc2C1. The monoisotopic (exact) mass is 1800 g/mol. The maximum absolute atomic E-state index is 12.2. The first kappa shape index (κ1) is 103. The number of amides is 1. The highest BCUT2D eigenvalue weighted by Gasteiger charge is 2.36. The lowest BCUT2D eigenvalue weighted by Crippen LogP contribution is -2.40. The van der Waals surface area contributed by atoms with E-state index in [2.05, 4.69) is 137 Å². The molecule has 0 bridgehead atoms. The average Bonchev–Trinajstić information content (AvgIpc) is 1.67. The van der Waals surface area contributed by atoms with E-state index < -0.39 is 12.0 Å². The normalized spacial score (nSPS) is 15.5. The van der Waals surface area contributed by atoms with E-state index in [1.807, 2.05) is 262 Å². The Hall–Kier alpha value is -9.35. The van der Waals surface area contributed by atoms with Crippen LogP contribution in [0.2, 0.25) is 0 Å². The predicted octanol–water partition coefficient (Wildman–Crippen LogP) is 24.7. The molecule has 18 rings (SSSR count). The summed E-state index contributed by atoms with van der Waals surface area (Å²) >= 11 is 10.9. The van der Waals surface area contributed by atoms with Crippen LogP contribution in [0.25, 0.3) is 0 Å². The molecule has 6 aliphatic rings.